The zero-order valence-electron chi connectivity index (χ0n) is 14.9. The van der Waals surface area contributed by atoms with Crippen molar-refractivity contribution >= 4 is 15.9 Å². The summed E-state index contributed by atoms with van der Waals surface area (Å²) in [6.07, 6.45) is 6.04. The highest BCUT2D eigenvalue weighted by atomic mass is 32.2. The van der Waals surface area contributed by atoms with Gasteiger partial charge in [0.2, 0.25) is 10.0 Å². The second-order valence-electron chi connectivity index (χ2n) is 5.88. The summed E-state index contributed by atoms with van der Waals surface area (Å²) in [6.45, 7) is 2.49. The molecule has 0 saturated carbocycles. The number of hydrogen-bond donors (Lipinski definition) is 1. The maximum atomic E-state index is 12.5. The normalized spacial score (nSPS) is 11.0. The van der Waals surface area contributed by atoms with Crippen LogP contribution in [0.4, 0.5) is 0 Å². The fraction of sp³-hybridized carbons (Fsp3) is 0.250. The van der Waals surface area contributed by atoms with Crippen LogP contribution in [0.2, 0.25) is 0 Å². The van der Waals surface area contributed by atoms with Crippen molar-refractivity contribution < 1.29 is 13.2 Å². The summed E-state index contributed by atoms with van der Waals surface area (Å²) in [5.74, 6) is 2.04. The molecule has 0 aliphatic rings. The van der Waals surface area contributed by atoms with Crippen LogP contribution in [0.1, 0.15) is 28.4 Å². The summed E-state index contributed by atoms with van der Waals surface area (Å²) in [6, 6.07) is 13.9. The third-order valence-electron chi connectivity index (χ3n) is 3.97. The quantitative estimate of drug-likeness (QED) is 0.761. The molecule has 0 saturated heterocycles. The van der Waals surface area contributed by atoms with Gasteiger partial charge < -0.3 is 4.90 Å². The molecule has 26 heavy (non-hydrogen) atoms. The lowest BCUT2D eigenvalue weighted by molar-refractivity contribution is 0.0785. The van der Waals surface area contributed by atoms with Crippen LogP contribution in [0.3, 0.4) is 0 Å². The van der Waals surface area contributed by atoms with Crippen LogP contribution in [0, 0.1) is 12.3 Å². The SMILES string of the molecule is C#CCNS(=O)(=O)c1ccc(C(=O)N(C)Cc2ccc(CC)cc2)cc1. The van der Waals surface area contributed by atoms with Gasteiger partial charge >= 0.3 is 0 Å². The zero-order chi connectivity index (χ0) is 19.2. The molecule has 136 valence electrons. The van der Waals surface area contributed by atoms with E-state index in [1.807, 2.05) is 12.1 Å². The molecule has 0 radical (unpaired) electrons. The first-order valence-electron chi connectivity index (χ1n) is 8.24. The van der Waals surface area contributed by atoms with E-state index in [0.717, 1.165) is 12.0 Å². The molecule has 0 atom stereocenters. The molecule has 2 aromatic rings. The van der Waals surface area contributed by atoms with Gasteiger partial charge in [-0.05, 0) is 41.8 Å². The molecule has 0 unspecified atom stereocenters. The molecule has 0 aliphatic heterocycles. The minimum Gasteiger partial charge on any atom is -0.337 e. The highest BCUT2D eigenvalue weighted by Gasteiger charge is 2.16. The maximum Gasteiger partial charge on any atom is 0.253 e. The highest BCUT2D eigenvalue weighted by Crippen LogP contribution is 2.14. The van der Waals surface area contributed by atoms with Gasteiger partial charge in [-0.15, -0.1) is 6.42 Å². The number of carbonyl (C=O) groups excluding carboxylic acids is 1. The Morgan fingerprint density at radius 3 is 2.19 bits per heavy atom. The number of sulfonamides is 1. The number of carbonyl (C=O) groups is 1. The first kappa shape index (κ1) is 19.7. The van der Waals surface area contributed by atoms with Crippen LogP contribution in [0.15, 0.2) is 53.4 Å². The fourth-order valence-corrected chi connectivity index (χ4v) is 3.38. The van der Waals surface area contributed by atoms with Gasteiger partial charge in [-0.1, -0.05) is 37.1 Å². The molecule has 0 bridgehead atoms. The summed E-state index contributed by atoms with van der Waals surface area (Å²) < 4.78 is 26.3. The Kier molecular flexibility index (Phi) is 6.56. The molecule has 0 spiro atoms. The number of aryl methyl sites for hydroxylation is 1. The summed E-state index contributed by atoms with van der Waals surface area (Å²) in [4.78, 5) is 14.2. The molecule has 2 rings (SSSR count). The molecular weight excluding hydrogens is 348 g/mol. The van der Waals surface area contributed by atoms with Crippen molar-refractivity contribution in [3.63, 3.8) is 0 Å². The van der Waals surface area contributed by atoms with E-state index >= 15 is 0 Å². The van der Waals surface area contributed by atoms with E-state index in [1.165, 1.54) is 29.8 Å². The van der Waals surface area contributed by atoms with Gasteiger partial charge in [0.1, 0.15) is 0 Å². The average Bonchev–Trinajstić information content (AvgIpc) is 2.66. The molecule has 0 aliphatic carbocycles. The number of nitrogens with one attached hydrogen (secondary N) is 1. The Balaban J connectivity index is 2.07. The molecule has 1 amide bonds. The monoisotopic (exact) mass is 370 g/mol. The van der Waals surface area contributed by atoms with Gasteiger partial charge in [0.25, 0.3) is 5.91 Å². The van der Waals surface area contributed by atoms with Crippen molar-refractivity contribution in [2.75, 3.05) is 13.6 Å². The number of benzene rings is 2. The van der Waals surface area contributed by atoms with E-state index < -0.39 is 10.0 Å². The molecule has 5 nitrogen and oxygen atoms in total. The number of hydrogen-bond acceptors (Lipinski definition) is 3. The van der Waals surface area contributed by atoms with Crippen LogP contribution >= 0.6 is 0 Å². The number of amides is 1. The van der Waals surface area contributed by atoms with Crippen LogP contribution < -0.4 is 4.72 Å². The predicted molar refractivity (Wildman–Crippen MR) is 102 cm³/mol. The van der Waals surface area contributed by atoms with E-state index in [2.05, 4.69) is 29.7 Å². The lowest BCUT2D eigenvalue weighted by Gasteiger charge is -2.18. The number of rotatable bonds is 7. The minimum absolute atomic E-state index is 0.0714. The number of nitrogens with zero attached hydrogens (tertiary/aromatic N) is 1. The molecule has 0 aromatic heterocycles. The average molecular weight is 370 g/mol. The van der Waals surface area contributed by atoms with Crippen molar-refractivity contribution in [1.29, 1.82) is 0 Å². The summed E-state index contributed by atoms with van der Waals surface area (Å²) in [5.41, 5.74) is 2.71. The van der Waals surface area contributed by atoms with Gasteiger partial charge in [0.05, 0.1) is 11.4 Å². The minimum atomic E-state index is -3.66. The molecular formula is C20H22N2O3S. The Morgan fingerprint density at radius 2 is 1.65 bits per heavy atom. The molecule has 0 heterocycles. The maximum absolute atomic E-state index is 12.5. The molecule has 6 heteroatoms. The second kappa shape index (κ2) is 8.65. The smallest absolute Gasteiger partial charge is 0.253 e. The largest absolute Gasteiger partial charge is 0.337 e. The van der Waals surface area contributed by atoms with Crippen molar-refractivity contribution in [2.45, 2.75) is 24.8 Å². The van der Waals surface area contributed by atoms with Gasteiger partial charge in [-0.3, -0.25) is 4.79 Å². The van der Waals surface area contributed by atoms with Gasteiger partial charge in [-0.25, -0.2) is 8.42 Å². The predicted octanol–water partition coefficient (Wildman–Crippen LogP) is 2.43. The standard InChI is InChI=1S/C20H22N2O3S/c1-4-14-21-26(24,25)19-12-10-18(11-13-19)20(23)22(3)15-17-8-6-16(5-2)7-9-17/h1,6-13,21H,5,14-15H2,2-3H3. The van der Waals surface area contributed by atoms with Crippen molar-refractivity contribution in [1.82, 2.24) is 9.62 Å². The molecule has 2 aromatic carbocycles. The first-order valence-corrected chi connectivity index (χ1v) is 9.72. The van der Waals surface area contributed by atoms with E-state index in [-0.39, 0.29) is 17.3 Å². The van der Waals surface area contributed by atoms with Crippen LogP contribution in [-0.2, 0) is 23.0 Å². The van der Waals surface area contributed by atoms with Crippen LogP contribution in [0.5, 0.6) is 0 Å². The van der Waals surface area contributed by atoms with Crippen LogP contribution in [-0.4, -0.2) is 32.8 Å². The van der Waals surface area contributed by atoms with Gasteiger partial charge in [0, 0.05) is 19.2 Å². The third-order valence-corrected chi connectivity index (χ3v) is 5.39. The Bertz CT molecular complexity index is 896. The van der Waals surface area contributed by atoms with E-state index in [1.54, 1.807) is 11.9 Å². The van der Waals surface area contributed by atoms with Crippen LogP contribution in [0.25, 0.3) is 0 Å². The summed E-state index contributed by atoms with van der Waals surface area (Å²) in [7, 11) is -1.94. The Morgan fingerprint density at radius 1 is 1.08 bits per heavy atom. The van der Waals surface area contributed by atoms with Crippen molar-refractivity contribution in [3.8, 4) is 12.3 Å². The lowest BCUT2D eigenvalue weighted by atomic mass is 10.1. The lowest BCUT2D eigenvalue weighted by Crippen LogP contribution is -2.26. The van der Waals surface area contributed by atoms with E-state index in [9.17, 15) is 13.2 Å². The topological polar surface area (TPSA) is 66.5 Å². The molecule has 0 fully saturated rings. The number of terminal acetylenes is 1. The fourth-order valence-electron chi connectivity index (χ4n) is 2.44. The third kappa shape index (κ3) is 4.94. The van der Waals surface area contributed by atoms with Gasteiger partial charge in [-0.2, -0.15) is 4.72 Å². The Labute approximate surface area is 155 Å². The van der Waals surface area contributed by atoms with Crippen molar-refractivity contribution in [3.05, 3.63) is 65.2 Å². The summed E-state index contributed by atoms with van der Waals surface area (Å²) in [5, 5.41) is 0. The van der Waals surface area contributed by atoms with Gasteiger partial charge in [0.15, 0.2) is 0 Å². The molecule has 1 N–H and O–H groups in total. The van der Waals surface area contributed by atoms with E-state index in [4.69, 9.17) is 6.42 Å². The second-order valence-corrected chi connectivity index (χ2v) is 7.65. The zero-order valence-corrected chi connectivity index (χ0v) is 15.7. The Hall–Kier alpha value is -2.62. The summed E-state index contributed by atoms with van der Waals surface area (Å²) >= 11 is 0. The van der Waals surface area contributed by atoms with E-state index in [0.29, 0.717) is 12.1 Å². The van der Waals surface area contributed by atoms with Crippen molar-refractivity contribution in [2.24, 2.45) is 0 Å². The first-order chi connectivity index (χ1) is 12.4. The highest BCUT2D eigenvalue weighted by molar-refractivity contribution is 7.89.